The summed E-state index contributed by atoms with van der Waals surface area (Å²) >= 11 is 0. The first-order valence-electron chi connectivity index (χ1n) is 4.97. The van der Waals surface area contributed by atoms with E-state index in [1.165, 1.54) is 6.07 Å². The van der Waals surface area contributed by atoms with Crippen LogP contribution in [0.3, 0.4) is 0 Å². The SMILES string of the molecule is CCC(=O)C(CC)c1ccccc1F. The third-order valence-electron chi connectivity index (χ3n) is 2.43. The molecule has 0 aliphatic carbocycles. The molecule has 0 bridgehead atoms. The quantitative estimate of drug-likeness (QED) is 0.718. The van der Waals surface area contributed by atoms with Crippen molar-refractivity contribution in [3.8, 4) is 0 Å². The summed E-state index contributed by atoms with van der Waals surface area (Å²) in [5.74, 6) is -0.444. The number of Topliss-reactive ketones (excluding diaryl/α,β-unsaturated/α-hetero) is 1. The van der Waals surface area contributed by atoms with Crippen molar-refractivity contribution in [3.63, 3.8) is 0 Å². The smallest absolute Gasteiger partial charge is 0.140 e. The fraction of sp³-hybridized carbons (Fsp3) is 0.417. The molecule has 0 amide bonds. The van der Waals surface area contributed by atoms with E-state index in [2.05, 4.69) is 0 Å². The second-order valence-electron chi connectivity index (χ2n) is 3.30. The standard InChI is InChI=1S/C12H15FO/c1-3-9(12(14)4-2)10-7-5-6-8-11(10)13/h5-9H,3-4H2,1-2H3. The van der Waals surface area contributed by atoms with Crippen molar-refractivity contribution in [1.82, 2.24) is 0 Å². The van der Waals surface area contributed by atoms with Gasteiger partial charge in [0, 0.05) is 12.3 Å². The Morgan fingerprint density at radius 2 is 2.00 bits per heavy atom. The molecule has 0 aromatic heterocycles. The van der Waals surface area contributed by atoms with Gasteiger partial charge in [0.25, 0.3) is 0 Å². The van der Waals surface area contributed by atoms with Gasteiger partial charge in [-0.1, -0.05) is 32.0 Å². The molecule has 0 fully saturated rings. The van der Waals surface area contributed by atoms with Gasteiger partial charge in [0.1, 0.15) is 11.6 Å². The van der Waals surface area contributed by atoms with Crippen LogP contribution in [0, 0.1) is 5.82 Å². The van der Waals surface area contributed by atoms with E-state index in [4.69, 9.17) is 0 Å². The molecule has 0 heterocycles. The van der Waals surface area contributed by atoms with E-state index in [1.807, 2.05) is 13.8 Å². The molecule has 0 aliphatic heterocycles. The lowest BCUT2D eigenvalue weighted by molar-refractivity contribution is -0.120. The van der Waals surface area contributed by atoms with E-state index >= 15 is 0 Å². The molecular weight excluding hydrogens is 179 g/mol. The molecular formula is C12H15FO. The molecule has 1 unspecified atom stereocenters. The number of rotatable bonds is 4. The van der Waals surface area contributed by atoms with Crippen LogP contribution in [0.4, 0.5) is 4.39 Å². The van der Waals surface area contributed by atoms with Crippen LogP contribution in [0.25, 0.3) is 0 Å². The number of ketones is 1. The van der Waals surface area contributed by atoms with Gasteiger partial charge >= 0.3 is 0 Å². The summed E-state index contributed by atoms with van der Waals surface area (Å²) in [5.41, 5.74) is 0.529. The van der Waals surface area contributed by atoms with Crippen LogP contribution in [0.15, 0.2) is 24.3 Å². The summed E-state index contributed by atoms with van der Waals surface area (Å²) in [4.78, 5) is 11.5. The van der Waals surface area contributed by atoms with E-state index < -0.39 is 0 Å². The van der Waals surface area contributed by atoms with Crippen molar-refractivity contribution in [2.45, 2.75) is 32.6 Å². The molecule has 76 valence electrons. The fourth-order valence-corrected chi connectivity index (χ4v) is 1.63. The summed E-state index contributed by atoms with van der Waals surface area (Å²) in [5, 5.41) is 0. The first-order valence-corrected chi connectivity index (χ1v) is 4.97. The van der Waals surface area contributed by atoms with Crippen molar-refractivity contribution in [2.75, 3.05) is 0 Å². The molecule has 2 heteroatoms. The molecule has 1 aromatic carbocycles. The molecule has 1 aromatic rings. The van der Waals surface area contributed by atoms with Crippen LogP contribution in [-0.2, 0) is 4.79 Å². The lowest BCUT2D eigenvalue weighted by atomic mass is 9.91. The number of hydrogen-bond donors (Lipinski definition) is 0. The Morgan fingerprint density at radius 1 is 1.36 bits per heavy atom. The number of hydrogen-bond acceptors (Lipinski definition) is 1. The molecule has 1 rings (SSSR count). The van der Waals surface area contributed by atoms with Crippen LogP contribution in [0.5, 0.6) is 0 Å². The van der Waals surface area contributed by atoms with Crippen molar-refractivity contribution in [3.05, 3.63) is 35.6 Å². The maximum Gasteiger partial charge on any atom is 0.140 e. The molecule has 0 saturated carbocycles. The fourth-order valence-electron chi connectivity index (χ4n) is 1.63. The lowest BCUT2D eigenvalue weighted by Gasteiger charge is -2.13. The third-order valence-corrected chi connectivity index (χ3v) is 2.43. The number of halogens is 1. The molecule has 0 radical (unpaired) electrons. The van der Waals surface area contributed by atoms with Gasteiger partial charge in [0.2, 0.25) is 0 Å². The highest BCUT2D eigenvalue weighted by Gasteiger charge is 2.19. The predicted molar refractivity (Wildman–Crippen MR) is 54.7 cm³/mol. The topological polar surface area (TPSA) is 17.1 Å². The van der Waals surface area contributed by atoms with Crippen molar-refractivity contribution >= 4 is 5.78 Å². The molecule has 0 N–H and O–H groups in total. The van der Waals surface area contributed by atoms with Gasteiger partial charge in [0.15, 0.2) is 0 Å². The molecule has 1 nitrogen and oxygen atoms in total. The van der Waals surface area contributed by atoms with Crippen LogP contribution in [0.1, 0.15) is 38.2 Å². The second kappa shape index (κ2) is 4.89. The van der Waals surface area contributed by atoms with E-state index in [9.17, 15) is 9.18 Å². The van der Waals surface area contributed by atoms with Gasteiger partial charge in [-0.3, -0.25) is 4.79 Å². The normalized spacial score (nSPS) is 12.5. The highest BCUT2D eigenvalue weighted by atomic mass is 19.1. The molecule has 0 saturated heterocycles. The Bertz CT molecular complexity index is 320. The number of carbonyl (C=O) groups is 1. The Labute approximate surface area is 83.9 Å². The third kappa shape index (κ3) is 2.19. The van der Waals surface area contributed by atoms with Gasteiger partial charge in [0.05, 0.1) is 0 Å². The predicted octanol–water partition coefficient (Wildman–Crippen LogP) is 3.30. The molecule has 0 aliphatic rings. The molecule has 1 atom stereocenters. The van der Waals surface area contributed by atoms with E-state index in [-0.39, 0.29) is 17.5 Å². The number of benzene rings is 1. The van der Waals surface area contributed by atoms with Gasteiger partial charge in [-0.25, -0.2) is 4.39 Å². The monoisotopic (exact) mass is 194 g/mol. The van der Waals surface area contributed by atoms with Crippen LogP contribution >= 0.6 is 0 Å². The lowest BCUT2D eigenvalue weighted by Crippen LogP contribution is -2.11. The Hall–Kier alpha value is -1.18. The van der Waals surface area contributed by atoms with E-state index in [0.717, 1.165) is 0 Å². The van der Waals surface area contributed by atoms with Crippen LogP contribution in [-0.4, -0.2) is 5.78 Å². The van der Waals surface area contributed by atoms with Gasteiger partial charge in [-0.2, -0.15) is 0 Å². The molecule has 0 spiro atoms. The van der Waals surface area contributed by atoms with Gasteiger partial charge in [-0.15, -0.1) is 0 Å². The zero-order chi connectivity index (χ0) is 10.6. The summed E-state index contributed by atoms with van der Waals surface area (Å²) < 4.78 is 13.4. The van der Waals surface area contributed by atoms with E-state index in [0.29, 0.717) is 18.4 Å². The first kappa shape index (κ1) is 10.9. The largest absolute Gasteiger partial charge is 0.299 e. The highest BCUT2D eigenvalue weighted by Crippen LogP contribution is 2.24. The average molecular weight is 194 g/mol. The van der Waals surface area contributed by atoms with Gasteiger partial charge in [-0.05, 0) is 18.1 Å². The van der Waals surface area contributed by atoms with Crippen molar-refractivity contribution < 1.29 is 9.18 Å². The average Bonchev–Trinajstić information content (AvgIpc) is 2.21. The summed E-state index contributed by atoms with van der Waals surface area (Å²) in [6, 6.07) is 6.50. The van der Waals surface area contributed by atoms with Crippen molar-refractivity contribution in [1.29, 1.82) is 0 Å². The van der Waals surface area contributed by atoms with Crippen LogP contribution < -0.4 is 0 Å². The number of carbonyl (C=O) groups excluding carboxylic acids is 1. The van der Waals surface area contributed by atoms with E-state index in [1.54, 1.807) is 18.2 Å². The Balaban J connectivity index is 3.01. The minimum absolute atomic E-state index is 0.109. The van der Waals surface area contributed by atoms with Crippen molar-refractivity contribution in [2.24, 2.45) is 0 Å². The molecule has 14 heavy (non-hydrogen) atoms. The Kier molecular flexibility index (Phi) is 3.81. The minimum atomic E-state index is -0.277. The summed E-state index contributed by atoms with van der Waals surface area (Å²) in [7, 11) is 0. The maximum atomic E-state index is 13.4. The highest BCUT2D eigenvalue weighted by molar-refractivity contribution is 5.85. The Morgan fingerprint density at radius 3 is 2.50 bits per heavy atom. The maximum absolute atomic E-state index is 13.4. The first-order chi connectivity index (χ1) is 6.70. The second-order valence-corrected chi connectivity index (χ2v) is 3.30. The minimum Gasteiger partial charge on any atom is -0.299 e. The zero-order valence-electron chi connectivity index (χ0n) is 8.59. The van der Waals surface area contributed by atoms with Gasteiger partial charge < -0.3 is 0 Å². The van der Waals surface area contributed by atoms with Crippen LogP contribution in [0.2, 0.25) is 0 Å². The zero-order valence-corrected chi connectivity index (χ0v) is 8.59. The summed E-state index contributed by atoms with van der Waals surface area (Å²) in [6.45, 7) is 3.72. The summed E-state index contributed by atoms with van der Waals surface area (Å²) in [6.07, 6.45) is 1.13.